The van der Waals surface area contributed by atoms with Crippen LogP contribution < -0.4 is 19.7 Å². The van der Waals surface area contributed by atoms with Crippen LogP contribution in [0.1, 0.15) is 25.0 Å². The van der Waals surface area contributed by atoms with Crippen molar-refractivity contribution in [3.63, 3.8) is 0 Å². The lowest BCUT2D eigenvalue weighted by Gasteiger charge is -2.18. The number of benzene rings is 4. The molecule has 0 bridgehead atoms. The maximum atomic E-state index is 13.0. The predicted octanol–water partition coefficient (Wildman–Crippen LogP) is 8.11. The number of nitrogens with zero attached hydrogens (tertiary/aromatic N) is 7. The van der Waals surface area contributed by atoms with E-state index in [9.17, 15) is 26.4 Å². The molecule has 4 aromatic carbocycles. The molecule has 4 aromatic heterocycles. The van der Waals surface area contributed by atoms with Crippen molar-refractivity contribution < 1.29 is 26.4 Å². The van der Waals surface area contributed by atoms with Crippen molar-refractivity contribution in [3.05, 3.63) is 126 Å². The molecule has 0 saturated carbocycles. The minimum absolute atomic E-state index is 0.0708. The number of sulfonamides is 2. The quantitative estimate of drug-likeness (QED) is 0.117. The number of carbonyl (C=O) groups excluding carboxylic acids is 2. The van der Waals surface area contributed by atoms with Crippen LogP contribution in [0.4, 0.5) is 16.2 Å². The smallest absolute Gasteiger partial charge is 0.266 e. The topological polar surface area (TPSA) is 219 Å². The molecule has 8 rings (SSSR count). The van der Waals surface area contributed by atoms with E-state index in [-0.39, 0.29) is 27.9 Å². The number of anilines is 3. The Morgan fingerprint density at radius 3 is 1.54 bits per heavy atom. The van der Waals surface area contributed by atoms with Crippen molar-refractivity contribution in [1.29, 1.82) is 0 Å². The van der Waals surface area contributed by atoms with Crippen LogP contribution >= 0.6 is 34.3 Å². The van der Waals surface area contributed by atoms with Crippen molar-refractivity contribution in [2.24, 2.45) is 0 Å². The van der Waals surface area contributed by atoms with Gasteiger partial charge in [-0.25, -0.2) is 55.8 Å². The molecule has 0 unspecified atom stereocenters. The molecule has 8 aromatic rings. The molecule has 0 fully saturated rings. The number of thiazole rings is 2. The maximum Gasteiger partial charge on any atom is 0.266 e. The van der Waals surface area contributed by atoms with Crippen LogP contribution in [-0.4, -0.2) is 72.6 Å². The summed E-state index contributed by atoms with van der Waals surface area (Å²) in [7, 11) is -4.23. The molecule has 324 valence electrons. The Labute approximate surface area is 376 Å². The van der Waals surface area contributed by atoms with Crippen LogP contribution in [0.15, 0.2) is 119 Å². The molecule has 0 spiro atoms. The molecule has 2 amide bonds. The number of nitrogens with one attached hydrogen (secondary N) is 3. The first-order chi connectivity index (χ1) is 29.9. The number of aromatic nitrogens is 6. The number of hydrogen-bond donors (Lipinski definition) is 3. The van der Waals surface area contributed by atoms with Crippen LogP contribution in [0.25, 0.3) is 42.9 Å². The molecule has 63 heavy (non-hydrogen) atoms. The Hall–Kier alpha value is -6.29. The average Bonchev–Trinajstić information content (AvgIpc) is 3.85. The van der Waals surface area contributed by atoms with Crippen LogP contribution in [0.5, 0.6) is 0 Å². The van der Waals surface area contributed by atoms with Gasteiger partial charge in [-0.15, -0.1) is 0 Å². The Morgan fingerprint density at radius 1 is 0.619 bits per heavy atom. The van der Waals surface area contributed by atoms with Gasteiger partial charge in [-0.1, -0.05) is 70.2 Å². The van der Waals surface area contributed by atoms with Crippen molar-refractivity contribution >= 4 is 103 Å². The normalized spacial score (nSPS) is 11.2. The summed E-state index contributed by atoms with van der Waals surface area (Å²) in [6, 6.07) is 28.2. The van der Waals surface area contributed by atoms with Gasteiger partial charge in [0, 0.05) is 44.4 Å². The minimum atomic E-state index is -3.79. The first-order valence-corrected chi connectivity index (χ1v) is 23.6. The molecular formula is C42H39ClN10O6S4. The fourth-order valence-electron chi connectivity index (χ4n) is 5.54. The number of carbonyl (C=O) groups is 2. The summed E-state index contributed by atoms with van der Waals surface area (Å²) in [4.78, 5) is 48.1. The summed E-state index contributed by atoms with van der Waals surface area (Å²) in [5.74, 6) is -0.245. The van der Waals surface area contributed by atoms with Gasteiger partial charge in [0.1, 0.15) is 0 Å². The number of halogens is 1. The van der Waals surface area contributed by atoms with Gasteiger partial charge in [-0.3, -0.25) is 9.59 Å². The van der Waals surface area contributed by atoms with Crippen LogP contribution in [0, 0.1) is 13.8 Å². The van der Waals surface area contributed by atoms with E-state index < -0.39 is 20.0 Å². The lowest BCUT2D eigenvalue weighted by Crippen LogP contribution is -2.28. The highest BCUT2D eigenvalue weighted by molar-refractivity contribution is 7.92. The fraction of sp³-hybridized carbons (Fsp3) is 0.143. The fourth-order valence-corrected chi connectivity index (χ4v) is 9.42. The Balaban J connectivity index is 0.000000176. The number of hydrogen-bond acceptors (Lipinski definition) is 14. The van der Waals surface area contributed by atoms with E-state index in [1.54, 1.807) is 66.9 Å². The van der Waals surface area contributed by atoms with E-state index in [0.29, 0.717) is 20.9 Å². The summed E-state index contributed by atoms with van der Waals surface area (Å²) >= 11 is 8.57. The molecular weight excluding hydrogens is 904 g/mol. The standard InChI is InChI=1S/C21H19N5O3S2.C13H9ClN4OS.C8H11NO2S/c1-13-4-7-16(8-5-13)31(28,29)26(3)20-22-11-10-17(24-20)15-6-9-18-19(12-15)30-21(25-18)23-14(2)27;1-7(19)16-13-18-10-3-2-8(6-11(10)20-13)9-4-5-15-12(14)17-9;1-7-3-5-8(6-4-7)12(10,11)9-2/h4-12H,1-3H3,(H,23,25,27);2-6H,1H3,(H,16,18,19);3-6,9H,1-2H3. The first-order valence-electron chi connectivity index (χ1n) is 18.7. The van der Waals surface area contributed by atoms with Crippen molar-refractivity contribution in [3.8, 4) is 22.5 Å². The van der Waals surface area contributed by atoms with Crippen LogP contribution in [0.2, 0.25) is 5.28 Å². The van der Waals surface area contributed by atoms with Crippen molar-refractivity contribution in [2.45, 2.75) is 37.5 Å². The summed E-state index contributed by atoms with van der Waals surface area (Å²) in [6.45, 7) is 6.70. The average molecular weight is 944 g/mol. The highest BCUT2D eigenvalue weighted by atomic mass is 35.5. The van der Waals surface area contributed by atoms with Gasteiger partial charge in [-0.05, 0) is 93.2 Å². The SMILES string of the molecule is CC(=O)Nc1nc2ccc(-c3ccnc(Cl)n3)cc2s1.CC(=O)Nc1nc2ccc(-c3ccnc(N(C)S(=O)(=O)c4ccc(C)cc4)n3)cc2s1.CNS(=O)(=O)c1ccc(C)cc1. The van der Waals surface area contributed by atoms with Crippen LogP contribution in [-0.2, 0) is 29.6 Å². The van der Waals surface area contributed by atoms with E-state index in [1.807, 2.05) is 50.2 Å². The molecule has 4 heterocycles. The molecule has 0 aliphatic rings. The summed E-state index contributed by atoms with van der Waals surface area (Å²) in [6.07, 6.45) is 3.14. The molecule has 0 radical (unpaired) electrons. The summed E-state index contributed by atoms with van der Waals surface area (Å²) < 4.78 is 53.5. The Morgan fingerprint density at radius 2 is 1.08 bits per heavy atom. The first kappa shape index (κ1) is 46.2. The third-order valence-electron chi connectivity index (χ3n) is 8.76. The zero-order valence-electron chi connectivity index (χ0n) is 34.5. The second-order valence-electron chi connectivity index (χ2n) is 13.5. The van der Waals surface area contributed by atoms with E-state index in [4.69, 9.17) is 11.6 Å². The highest BCUT2D eigenvalue weighted by Crippen LogP contribution is 2.32. The van der Waals surface area contributed by atoms with Gasteiger partial charge >= 0.3 is 0 Å². The van der Waals surface area contributed by atoms with Gasteiger partial charge in [-0.2, -0.15) is 0 Å². The zero-order chi connectivity index (χ0) is 45.5. The number of amides is 2. The summed E-state index contributed by atoms with van der Waals surface area (Å²) in [5, 5.41) is 6.69. The van der Waals surface area contributed by atoms with E-state index in [2.05, 4.69) is 45.3 Å². The van der Waals surface area contributed by atoms with Gasteiger partial charge in [0.25, 0.3) is 10.0 Å². The van der Waals surface area contributed by atoms with E-state index >= 15 is 0 Å². The van der Waals surface area contributed by atoms with Gasteiger partial charge in [0.05, 0.1) is 41.6 Å². The Bertz CT molecular complexity index is 3160. The molecule has 0 aliphatic carbocycles. The second kappa shape index (κ2) is 19.8. The largest absolute Gasteiger partial charge is 0.302 e. The van der Waals surface area contributed by atoms with Gasteiger partial charge < -0.3 is 10.6 Å². The Kier molecular flexibility index (Phi) is 14.5. The summed E-state index contributed by atoms with van der Waals surface area (Å²) in [5.41, 5.74) is 6.65. The predicted molar refractivity (Wildman–Crippen MR) is 249 cm³/mol. The monoisotopic (exact) mass is 942 g/mol. The molecule has 0 atom stereocenters. The lowest BCUT2D eigenvalue weighted by molar-refractivity contribution is -0.115. The molecule has 3 N–H and O–H groups in total. The minimum Gasteiger partial charge on any atom is -0.302 e. The van der Waals surface area contributed by atoms with Gasteiger partial charge in [0.15, 0.2) is 10.3 Å². The molecule has 21 heteroatoms. The maximum absolute atomic E-state index is 13.0. The molecule has 0 saturated heterocycles. The lowest BCUT2D eigenvalue weighted by atomic mass is 10.1. The molecule has 16 nitrogen and oxygen atoms in total. The van der Waals surface area contributed by atoms with Gasteiger partial charge in [0.2, 0.25) is 33.1 Å². The third kappa shape index (κ3) is 11.8. The van der Waals surface area contributed by atoms with Crippen LogP contribution in [0.3, 0.4) is 0 Å². The van der Waals surface area contributed by atoms with Crippen molar-refractivity contribution in [1.82, 2.24) is 34.6 Å². The van der Waals surface area contributed by atoms with E-state index in [1.165, 1.54) is 56.8 Å². The number of aryl methyl sites for hydroxylation is 2. The highest BCUT2D eigenvalue weighted by Gasteiger charge is 2.24. The molecule has 0 aliphatic heterocycles. The zero-order valence-corrected chi connectivity index (χ0v) is 38.5. The number of fused-ring (bicyclic) bond motifs is 2. The third-order valence-corrected chi connectivity index (χ3v) is 14.0. The van der Waals surface area contributed by atoms with Crippen molar-refractivity contribution in [2.75, 3.05) is 29.0 Å². The van der Waals surface area contributed by atoms with E-state index in [0.717, 1.165) is 52.7 Å². The number of rotatable bonds is 9. The second-order valence-corrected chi connectivity index (χ2v) is 19.8.